The highest BCUT2D eigenvalue weighted by atomic mass is 35.7. The van der Waals surface area contributed by atoms with Crippen LogP contribution in [0.25, 0.3) is 0 Å². The Balaban J connectivity index is 2.35. The first-order valence-electron chi connectivity index (χ1n) is 5.09. The number of rotatable bonds is 3. The normalized spacial score (nSPS) is 10.0. The predicted molar refractivity (Wildman–Crippen MR) is 79.4 cm³/mol. The van der Waals surface area contributed by atoms with E-state index in [0.717, 1.165) is 11.0 Å². The van der Waals surface area contributed by atoms with Crippen molar-refractivity contribution in [2.24, 2.45) is 0 Å². The molecule has 2 aromatic rings. The van der Waals surface area contributed by atoms with Crippen molar-refractivity contribution >= 4 is 44.9 Å². The standard InChI is InChI=1S/C13H6Cl3NOS/c14-9-4-10(15)6-11(5-9)18-12-2-1-8(7-17)3-13(12)19-16/h1-6H. The number of halogens is 3. The van der Waals surface area contributed by atoms with E-state index in [1.165, 1.54) is 0 Å². The molecule has 0 atom stereocenters. The van der Waals surface area contributed by atoms with Gasteiger partial charge in [0.2, 0.25) is 0 Å². The van der Waals surface area contributed by atoms with Gasteiger partial charge < -0.3 is 4.74 Å². The second-order valence-electron chi connectivity index (χ2n) is 3.56. The molecule has 19 heavy (non-hydrogen) atoms. The van der Waals surface area contributed by atoms with Gasteiger partial charge in [0.1, 0.15) is 11.5 Å². The van der Waals surface area contributed by atoms with Gasteiger partial charge in [-0.25, -0.2) is 0 Å². The Hall–Kier alpha value is -1.05. The van der Waals surface area contributed by atoms with Crippen LogP contribution in [0.15, 0.2) is 41.3 Å². The molecule has 0 saturated carbocycles. The summed E-state index contributed by atoms with van der Waals surface area (Å²) in [6.07, 6.45) is 0. The molecule has 0 aromatic heterocycles. The maximum Gasteiger partial charge on any atom is 0.142 e. The van der Waals surface area contributed by atoms with Crippen LogP contribution in [0.3, 0.4) is 0 Å². The molecule has 0 unspecified atom stereocenters. The molecular weight excluding hydrogens is 325 g/mol. The van der Waals surface area contributed by atoms with E-state index in [-0.39, 0.29) is 0 Å². The smallest absolute Gasteiger partial charge is 0.142 e. The van der Waals surface area contributed by atoms with E-state index in [2.05, 4.69) is 0 Å². The lowest BCUT2D eigenvalue weighted by Gasteiger charge is -2.09. The highest BCUT2D eigenvalue weighted by Gasteiger charge is 2.08. The molecule has 0 aliphatic heterocycles. The molecule has 0 saturated heterocycles. The van der Waals surface area contributed by atoms with Crippen molar-refractivity contribution in [3.8, 4) is 17.6 Å². The maximum atomic E-state index is 8.83. The van der Waals surface area contributed by atoms with Gasteiger partial charge in [-0.3, -0.25) is 0 Å². The van der Waals surface area contributed by atoms with Crippen LogP contribution in [-0.4, -0.2) is 0 Å². The lowest BCUT2D eigenvalue weighted by molar-refractivity contribution is 0.471. The highest BCUT2D eigenvalue weighted by molar-refractivity contribution is 8.21. The minimum absolute atomic E-state index is 0.483. The average Bonchev–Trinajstić information content (AvgIpc) is 2.38. The number of benzene rings is 2. The minimum atomic E-state index is 0.483. The van der Waals surface area contributed by atoms with Crippen LogP contribution in [0, 0.1) is 11.3 Å². The van der Waals surface area contributed by atoms with Crippen molar-refractivity contribution in [3.05, 3.63) is 52.0 Å². The third-order valence-electron chi connectivity index (χ3n) is 2.22. The Morgan fingerprint density at radius 2 is 1.74 bits per heavy atom. The monoisotopic (exact) mass is 329 g/mol. The molecule has 0 fully saturated rings. The van der Waals surface area contributed by atoms with Crippen molar-refractivity contribution in [1.29, 1.82) is 5.26 Å². The van der Waals surface area contributed by atoms with Crippen LogP contribution < -0.4 is 4.74 Å². The van der Waals surface area contributed by atoms with Crippen LogP contribution in [0.5, 0.6) is 11.5 Å². The van der Waals surface area contributed by atoms with Crippen LogP contribution >= 0.6 is 44.9 Å². The molecule has 0 aliphatic carbocycles. The van der Waals surface area contributed by atoms with Gasteiger partial charge in [0.05, 0.1) is 16.5 Å². The summed E-state index contributed by atoms with van der Waals surface area (Å²) in [7, 11) is 6.75. The summed E-state index contributed by atoms with van der Waals surface area (Å²) in [4.78, 5) is 0.650. The Labute approximate surface area is 129 Å². The molecule has 0 amide bonds. The van der Waals surface area contributed by atoms with Crippen molar-refractivity contribution < 1.29 is 4.74 Å². The van der Waals surface area contributed by atoms with E-state index in [1.54, 1.807) is 36.4 Å². The third kappa shape index (κ3) is 3.71. The van der Waals surface area contributed by atoms with E-state index in [0.29, 0.717) is 32.0 Å². The first-order valence-corrected chi connectivity index (χ1v) is 7.49. The zero-order valence-electron chi connectivity index (χ0n) is 9.36. The molecule has 2 aromatic carbocycles. The maximum absolute atomic E-state index is 8.83. The first kappa shape index (κ1) is 14.4. The van der Waals surface area contributed by atoms with Crippen LogP contribution in [0.4, 0.5) is 0 Å². The summed E-state index contributed by atoms with van der Waals surface area (Å²) in [5.74, 6) is 1.05. The molecule has 2 nitrogen and oxygen atoms in total. The largest absolute Gasteiger partial charge is 0.456 e. The molecular formula is C13H6Cl3NOS. The van der Waals surface area contributed by atoms with Gasteiger partial charge >= 0.3 is 0 Å². The summed E-state index contributed by atoms with van der Waals surface area (Å²) < 4.78 is 5.68. The lowest BCUT2D eigenvalue weighted by atomic mass is 10.2. The minimum Gasteiger partial charge on any atom is -0.456 e. The molecule has 0 aliphatic rings. The number of hydrogen-bond donors (Lipinski definition) is 0. The lowest BCUT2D eigenvalue weighted by Crippen LogP contribution is -1.87. The number of nitriles is 1. The van der Waals surface area contributed by atoms with Gasteiger partial charge in [-0.1, -0.05) is 23.2 Å². The van der Waals surface area contributed by atoms with Crippen molar-refractivity contribution in [1.82, 2.24) is 0 Å². The Kier molecular flexibility index (Phi) is 4.84. The van der Waals surface area contributed by atoms with Crippen molar-refractivity contribution in [3.63, 3.8) is 0 Å². The zero-order valence-corrected chi connectivity index (χ0v) is 12.4. The molecule has 0 spiro atoms. The van der Waals surface area contributed by atoms with E-state index >= 15 is 0 Å². The molecule has 2 rings (SSSR count). The van der Waals surface area contributed by atoms with Crippen LogP contribution in [-0.2, 0) is 0 Å². The summed E-state index contributed by atoms with van der Waals surface area (Å²) in [6.45, 7) is 0. The van der Waals surface area contributed by atoms with E-state index in [4.69, 9.17) is 43.9 Å². The third-order valence-corrected chi connectivity index (χ3v) is 3.64. The predicted octanol–water partition coefficient (Wildman–Crippen LogP) is 5.90. The molecule has 6 heteroatoms. The zero-order chi connectivity index (χ0) is 13.8. The fraction of sp³-hybridized carbons (Fsp3) is 0. The Morgan fingerprint density at radius 3 is 2.32 bits per heavy atom. The van der Waals surface area contributed by atoms with Crippen LogP contribution in [0.2, 0.25) is 10.0 Å². The number of ether oxygens (including phenoxy) is 1. The SMILES string of the molecule is N#Cc1ccc(Oc2cc(Cl)cc(Cl)c2)c(SCl)c1. The van der Waals surface area contributed by atoms with Crippen LogP contribution in [0.1, 0.15) is 5.56 Å². The van der Waals surface area contributed by atoms with Gasteiger partial charge in [0.25, 0.3) is 0 Å². The fourth-order valence-corrected chi connectivity index (χ4v) is 2.66. The van der Waals surface area contributed by atoms with Crippen molar-refractivity contribution in [2.75, 3.05) is 0 Å². The topological polar surface area (TPSA) is 33.0 Å². The fourth-order valence-electron chi connectivity index (χ4n) is 1.44. The van der Waals surface area contributed by atoms with Gasteiger partial charge in [0, 0.05) is 10.0 Å². The Bertz CT molecular complexity index is 635. The quantitative estimate of drug-likeness (QED) is 0.702. The first-order chi connectivity index (χ1) is 9.12. The summed E-state index contributed by atoms with van der Waals surface area (Å²) in [5.41, 5.74) is 0.514. The number of nitrogens with zero attached hydrogens (tertiary/aromatic N) is 1. The molecule has 0 bridgehead atoms. The van der Waals surface area contributed by atoms with Crippen molar-refractivity contribution in [2.45, 2.75) is 4.90 Å². The van der Waals surface area contributed by atoms with Gasteiger partial charge in [-0.15, -0.1) is 0 Å². The second kappa shape index (κ2) is 6.40. The molecule has 0 N–H and O–H groups in total. The number of hydrogen-bond acceptors (Lipinski definition) is 3. The van der Waals surface area contributed by atoms with Gasteiger partial charge in [-0.05, 0) is 58.1 Å². The summed E-state index contributed by atoms with van der Waals surface area (Å²) >= 11 is 11.8. The molecule has 0 radical (unpaired) electrons. The highest BCUT2D eigenvalue weighted by Crippen LogP contribution is 2.36. The second-order valence-corrected chi connectivity index (χ2v) is 5.49. The summed E-state index contributed by atoms with van der Waals surface area (Å²) in [5, 5.41) is 9.80. The van der Waals surface area contributed by atoms with Gasteiger partial charge in [-0.2, -0.15) is 5.26 Å². The average molecular weight is 331 g/mol. The van der Waals surface area contributed by atoms with E-state index in [1.807, 2.05) is 6.07 Å². The Morgan fingerprint density at radius 1 is 1.05 bits per heavy atom. The van der Waals surface area contributed by atoms with E-state index in [9.17, 15) is 0 Å². The molecule has 96 valence electrons. The van der Waals surface area contributed by atoms with E-state index < -0.39 is 0 Å². The molecule has 0 heterocycles. The summed E-state index contributed by atoms with van der Waals surface area (Å²) in [6, 6.07) is 11.9. The van der Waals surface area contributed by atoms with Gasteiger partial charge in [0.15, 0.2) is 0 Å².